The number of amidine groups is 1. The molecule has 1 amide bonds. The summed E-state index contributed by atoms with van der Waals surface area (Å²) in [5.41, 5.74) is 7.42. The van der Waals surface area contributed by atoms with Crippen molar-refractivity contribution in [1.82, 2.24) is 24.5 Å². The third-order valence-electron chi connectivity index (χ3n) is 6.76. The van der Waals surface area contributed by atoms with E-state index in [4.69, 9.17) is 15.9 Å². The minimum atomic E-state index is -4.03. The third-order valence-corrected chi connectivity index (χ3v) is 9.63. The fourth-order valence-electron chi connectivity index (χ4n) is 4.73. The molecule has 5 N–H and O–H groups in total. The monoisotopic (exact) mass is 559 g/mol. The summed E-state index contributed by atoms with van der Waals surface area (Å²) >= 11 is 1.30. The van der Waals surface area contributed by atoms with Gasteiger partial charge in [0.1, 0.15) is 16.9 Å². The minimum Gasteiger partial charge on any atom is -0.464 e. The van der Waals surface area contributed by atoms with E-state index in [-0.39, 0.29) is 48.2 Å². The van der Waals surface area contributed by atoms with Crippen LogP contribution in [-0.2, 0) is 32.5 Å². The first-order chi connectivity index (χ1) is 18.1. The first kappa shape index (κ1) is 26.3. The van der Waals surface area contributed by atoms with Crippen LogP contribution in [0, 0.1) is 5.41 Å². The number of H-pyrrole nitrogens is 1. The summed E-state index contributed by atoms with van der Waals surface area (Å²) in [5.74, 6) is -1.20. The predicted octanol–water partition coefficient (Wildman–Crippen LogP) is 1.02. The van der Waals surface area contributed by atoms with Crippen molar-refractivity contribution in [2.75, 3.05) is 26.2 Å². The van der Waals surface area contributed by atoms with Gasteiger partial charge in [0, 0.05) is 60.0 Å². The van der Waals surface area contributed by atoms with Crippen LogP contribution >= 0.6 is 11.3 Å². The van der Waals surface area contributed by atoms with E-state index in [0.29, 0.717) is 29.4 Å². The first-order valence-electron chi connectivity index (χ1n) is 12.3. The van der Waals surface area contributed by atoms with Crippen molar-refractivity contribution in [3.05, 3.63) is 45.4 Å². The Hall–Kier alpha value is -3.33. The molecule has 1 saturated heterocycles. The molecule has 202 valence electrons. The zero-order valence-electron chi connectivity index (χ0n) is 21.0. The quantitative estimate of drug-likeness (QED) is 0.197. The minimum absolute atomic E-state index is 0.00171. The smallest absolute Gasteiger partial charge is 0.330 e. The topological polar surface area (TPSA) is 175 Å². The Kier molecular flexibility index (Phi) is 6.98. The number of nitrogens with two attached hydrogens (primary N) is 1. The Morgan fingerprint density at radius 3 is 2.82 bits per heavy atom. The predicted molar refractivity (Wildman–Crippen MR) is 142 cm³/mol. The molecule has 4 heterocycles. The van der Waals surface area contributed by atoms with Crippen molar-refractivity contribution in [2.24, 2.45) is 5.73 Å². The molecule has 1 fully saturated rings. The molecule has 0 saturated carbocycles. The van der Waals surface area contributed by atoms with Crippen molar-refractivity contribution in [3.63, 3.8) is 0 Å². The molecule has 2 unspecified atom stereocenters. The zero-order chi connectivity index (χ0) is 27.2. The maximum Gasteiger partial charge on any atom is 0.330 e. The zero-order valence-corrected chi connectivity index (χ0v) is 22.6. The summed E-state index contributed by atoms with van der Waals surface area (Å²) in [7, 11) is -4.03. The van der Waals surface area contributed by atoms with Gasteiger partial charge in [-0.25, -0.2) is 18.2 Å². The van der Waals surface area contributed by atoms with E-state index >= 15 is 0 Å². The summed E-state index contributed by atoms with van der Waals surface area (Å²) in [6.07, 6.45) is 0.713. The number of carbonyl (C=O) groups is 2. The number of piperazine rings is 1. The van der Waals surface area contributed by atoms with Gasteiger partial charge in [0.05, 0.1) is 12.3 Å². The molecule has 0 aliphatic carbocycles. The number of benzene rings is 1. The lowest BCUT2D eigenvalue weighted by atomic mass is 10.1. The number of nitrogen functional groups attached to an aromatic ring is 1. The molecule has 0 radical (unpaired) electrons. The van der Waals surface area contributed by atoms with Gasteiger partial charge in [-0.05, 0) is 26.0 Å². The number of thiazole rings is 1. The Balaban J connectivity index is 1.41. The normalized spacial score (nSPS) is 20.3. The number of ether oxygens (including phenoxy) is 1. The maximum absolute atomic E-state index is 13.6. The lowest BCUT2D eigenvalue weighted by molar-refractivity contribution is -0.149. The SMILES string of the molecule is CCOC(=O)C1CN(S(=O)(=O)c2cc3ccc(C(=N)N)cc3[nH]2)CCN1C(=O)c1nc2c(s1)CNC(C)C2. The van der Waals surface area contributed by atoms with Gasteiger partial charge in [-0.3, -0.25) is 10.2 Å². The van der Waals surface area contributed by atoms with Crippen molar-refractivity contribution in [1.29, 1.82) is 5.41 Å². The second-order valence-corrected chi connectivity index (χ2v) is 12.3. The van der Waals surface area contributed by atoms with Crippen LogP contribution < -0.4 is 11.1 Å². The second kappa shape index (κ2) is 10.1. The highest BCUT2D eigenvalue weighted by molar-refractivity contribution is 7.89. The van der Waals surface area contributed by atoms with Crippen LogP contribution in [0.1, 0.15) is 39.8 Å². The van der Waals surface area contributed by atoms with Crippen LogP contribution in [0.2, 0.25) is 0 Å². The Labute approximate surface area is 223 Å². The molecular formula is C24H29N7O5S2. The summed E-state index contributed by atoms with van der Waals surface area (Å²) in [5, 5.41) is 11.8. The van der Waals surface area contributed by atoms with Crippen molar-refractivity contribution in [2.45, 2.75) is 43.9 Å². The van der Waals surface area contributed by atoms with E-state index in [2.05, 4.69) is 22.2 Å². The van der Waals surface area contributed by atoms with Crippen LogP contribution in [0.25, 0.3) is 10.9 Å². The van der Waals surface area contributed by atoms with Crippen molar-refractivity contribution < 1.29 is 22.7 Å². The third kappa shape index (κ3) is 4.79. The molecular weight excluding hydrogens is 530 g/mol. The summed E-state index contributed by atoms with van der Waals surface area (Å²) in [4.78, 5) is 36.2. The second-order valence-electron chi connectivity index (χ2n) is 9.35. The molecule has 14 heteroatoms. The molecule has 2 atom stereocenters. The van der Waals surface area contributed by atoms with Crippen LogP contribution in [-0.4, -0.2) is 83.6 Å². The number of hydrogen-bond donors (Lipinski definition) is 4. The number of rotatable bonds is 6. The van der Waals surface area contributed by atoms with E-state index < -0.39 is 27.9 Å². The van der Waals surface area contributed by atoms with Gasteiger partial charge in [-0.2, -0.15) is 4.31 Å². The lowest BCUT2D eigenvalue weighted by Crippen LogP contribution is -2.59. The van der Waals surface area contributed by atoms with E-state index in [9.17, 15) is 18.0 Å². The number of aromatic nitrogens is 2. The Morgan fingerprint density at radius 2 is 2.08 bits per heavy atom. The number of nitrogens with one attached hydrogen (secondary N) is 3. The highest BCUT2D eigenvalue weighted by atomic mass is 32.2. The van der Waals surface area contributed by atoms with Gasteiger partial charge >= 0.3 is 5.97 Å². The summed E-state index contributed by atoms with van der Waals surface area (Å²) in [6, 6.07) is 5.58. The standard InChI is InChI=1S/C24H29N7O5S2/c1-3-36-24(33)18-12-30(38(34,35)20-10-14-4-5-15(21(25)26)9-16(14)28-20)6-7-31(18)23(32)22-29-17-8-13(2)27-11-19(17)37-22/h4-5,9-10,13,18,27-28H,3,6-8,11-12H2,1-2H3,(H3,25,26). The van der Waals surface area contributed by atoms with Gasteiger partial charge in [0.15, 0.2) is 5.01 Å². The van der Waals surface area contributed by atoms with Crippen LogP contribution in [0.3, 0.4) is 0 Å². The van der Waals surface area contributed by atoms with Gasteiger partial charge in [-0.1, -0.05) is 12.1 Å². The number of sulfonamides is 1. The van der Waals surface area contributed by atoms with E-state index in [1.165, 1.54) is 26.6 Å². The van der Waals surface area contributed by atoms with Crippen LogP contribution in [0.5, 0.6) is 0 Å². The number of fused-ring (bicyclic) bond motifs is 2. The molecule has 2 aliphatic rings. The van der Waals surface area contributed by atoms with Gasteiger partial charge < -0.3 is 25.7 Å². The molecule has 2 aromatic heterocycles. The van der Waals surface area contributed by atoms with Crippen molar-refractivity contribution >= 4 is 50.0 Å². The fourth-order valence-corrected chi connectivity index (χ4v) is 7.18. The first-order valence-corrected chi connectivity index (χ1v) is 14.5. The highest BCUT2D eigenvalue weighted by Crippen LogP contribution is 2.28. The van der Waals surface area contributed by atoms with Crippen LogP contribution in [0.15, 0.2) is 29.3 Å². The Morgan fingerprint density at radius 1 is 1.29 bits per heavy atom. The molecule has 3 aromatic rings. The number of carbonyl (C=O) groups excluding carboxylic acids is 2. The lowest BCUT2D eigenvalue weighted by Gasteiger charge is -2.38. The highest BCUT2D eigenvalue weighted by Gasteiger charge is 2.42. The van der Waals surface area contributed by atoms with Gasteiger partial charge in [-0.15, -0.1) is 11.3 Å². The number of hydrogen-bond acceptors (Lipinski definition) is 9. The van der Waals surface area contributed by atoms with E-state index in [1.54, 1.807) is 25.1 Å². The Bertz CT molecular complexity index is 1530. The summed E-state index contributed by atoms with van der Waals surface area (Å²) < 4.78 is 33.5. The number of amides is 1. The molecule has 12 nitrogen and oxygen atoms in total. The molecule has 38 heavy (non-hydrogen) atoms. The number of aromatic amines is 1. The van der Waals surface area contributed by atoms with Gasteiger partial charge in [0.25, 0.3) is 15.9 Å². The molecule has 1 aromatic carbocycles. The largest absolute Gasteiger partial charge is 0.464 e. The molecule has 5 rings (SSSR count). The van der Waals surface area contributed by atoms with Crippen LogP contribution in [0.4, 0.5) is 0 Å². The maximum atomic E-state index is 13.6. The average Bonchev–Trinajstić information content (AvgIpc) is 3.52. The van der Waals surface area contributed by atoms with Crippen molar-refractivity contribution in [3.8, 4) is 0 Å². The van der Waals surface area contributed by atoms with E-state index in [0.717, 1.165) is 10.6 Å². The molecule has 0 spiro atoms. The molecule has 0 bridgehead atoms. The number of nitrogens with zero attached hydrogens (tertiary/aromatic N) is 3. The number of esters is 1. The fraction of sp³-hybridized carbons (Fsp3) is 0.417. The average molecular weight is 560 g/mol. The van der Waals surface area contributed by atoms with Gasteiger partial charge in [0.2, 0.25) is 0 Å². The van der Waals surface area contributed by atoms with E-state index in [1.807, 2.05) is 0 Å². The summed E-state index contributed by atoms with van der Waals surface area (Å²) in [6.45, 7) is 4.20. The molecule has 2 aliphatic heterocycles.